The van der Waals surface area contributed by atoms with E-state index in [-0.39, 0.29) is 11.9 Å². The van der Waals surface area contributed by atoms with Gasteiger partial charge in [-0.15, -0.1) is 11.3 Å². The zero-order valence-corrected chi connectivity index (χ0v) is 12.2. The summed E-state index contributed by atoms with van der Waals surface area (Å²) >= 11 is 1.26. The molecule has 1 atom stereocenters. The number of benzene rings is 1. The Labute approximate surface area is 121 Å². The van der Waals surface area contributed by atoms with E-state index in [9.17, 15) is 4.79 Å². The van der Waals surface area contributed by atoms with Gasteiger partial charge in [0.25, 0.3) is 5.91 Å². The van der Waals surface area contributed by atoms with Crippen LogP contribution in [-0.2, 0) is 6.42 Å². The van der Waals surface area contributed by atoms with Crippen LogP contribution in [0.5, 0.6) is 5.75 Å². The number of thiazole rings is 1. The number of nitrogen functional groups attached to an aromatic ring is 1. The summed E-state index contributed by atoms with van der Waals surface area (Å²) in [5, 5.41) is 4.95. The maximum absolute atomic E-state index is 12.0. The largest absolute Gasteiger partial charge is 0.496 e. The summed E-state index contributed by atoms with van der Waals surface area (Å²) in [7, 11) is 1.64. The number of carbonyl (C=O) groups excluding carboxylic acids is 1. The van der Waals surface area contributed by atoms with E-state index in [0.29, 0.717) is 17.2 Å². The smallest absolute Gasteiger partial charge is 0.271 e. The van der Waals surface area contributed by atoms with Crippen molar-refractivity contribution >= 4 is 22.4 Å². The number of carbonyl (C=O) groups is 1. The molecule has 106 valence electrons. The SMILES string of the molecule is COc1ccccc1CC(C)NC(=O)c1csc(N)n1. The highest BCUT2D eigenvalue weighted by Crippen LogP contribution is 2.19. The summed E-state index contributed by atoms with van der Waals surface area (Å²) in [6.07, 6.45) is 0.690. The molecule has 0 bridgehead atoms. The van der Waals surface area contributed by atoms with Crippen LogP contribution in [0, 0.1) is 0 Å². The molecule has 6 heteroatoms. The molecule has 1 heterocycles. The standard InChI is InChI=1S/C14H17N3O2S/c1-9(7-10-5-3-4-6-12(10)19-2)16-13(18)11-8-20-14(15)17-11/h3-6,8-9H,7H2,1-2H3,(H2,15,17)(H,16,18). The molecule has 1 amide bonds. The Kier molecular flexibility index (Phi) is 4.57. The summed E-state index contributed by atoms with van der Waals surface area (Å²) in [5.74, 6) is 0.617. The van der Waals surface area contributed by atoms with Gasteiger partial charge in [-0.3, -0.25) is 4.79 Å². The van der Waals surface area contributed by atoms with Crippen LogP contribution in [0.1, 0.15) is 23.0 Å². The van der Waals surface area contributed by atoms with Gasteiger partial charge in [-0.1, -0.05) is 18.2 Å². The number of methoxy groups -OCH3 is 1. The lowest BCUT2D eigenvalue weighted by atomic mass is 10.1. The molecule has 20 heavy (non-hydrogen) atoms. The van der Waals surface area contributed by atoms with Crippen LogP contribution in [0.25, 0.3) is 0 Å². The van der Waals surface area contributed by atoms with Crippen LogP contribution >= 0.6 is 11.3 Å². The van der Waals surface area contributed by atoms with Gasteiger partial charge in [0.15, 0.2) is 5.13 Å². The van der Waals surface area contributed by atoms with Gasteiger partial charge < -0.3 is 15.8 Å². The van der Waals surface area contributed by atoms with E-state index in [2.05, 4.69) is 10.3 Å². The predicted molar refractivity (Wildman–Crippen MR) is 80.2 cm³/mol. The van der Waals surface area contributed by atoms with E-state index < -0.39 is 0 Å². The first kappa shape index (κ1) is 14.3. The number of nitrogens with one attached hydrogen (secondary N) is 1. The number of para-hydroxylation sites is 1. The van der Waals surface area contributed by atoms with Gasteiger partial charge in [0.05, 0.1) is 7.11 Å². The molecule has 1 unspecified atom stereocenters. The molecule has 0 saturated heterocycles. The van der Waals surface area contributed by atoms with Gasteiger partial charge in [-0.25, -0.2) is 4.98 Å². The van der Waals surface area contributed by atoms with Crippen molar-refractivity contribution in [1.29, 1.82) is 0 Å². The number of aromatic nitrogens is 1. The van der Waals surface area contributed by atoms with E-state index >= 15 is 0 Å². The summed E-state index contributed by atoms with van der Waals surface area (Å²) in [6.45, 7) is 1.94. The van der Waals surface area contributed by atoms with Gasteiger partial charge in [0, 0.05) is 11.4 Å². The van der Waals surface area contributed by atoms with Crippen molar-refractivity contribution < 1.29 is 9.53 Å². The fourth-order valence-electron chi connectivity index (χ4n) is 1.94. The Morgan fingerprint density at radius 3 is 2.90 bits per heavy atom. The minimum Gasteiger partial charge on any atom is -0.496 e. The second-order valence-corrected chi connectivity index (χ2v) is 5.35. The van der Waals surface area contributed by atoms with Gasteiger partial charge >= 0.3 is 0 Å². The second kappa shape index (κ2) is 6.38. The predicted octanol–water partition coefficient (Wildman–Crippen LogP) is 2.09. The van der Waals surface area contributed by atoms with E-state index in [0.717, 1.165) is 11.3 Å². The van der Waals surface area contributed by atoms with Crippen molar-refractivity contribution in [3.05, 3.63) is 40.9 Å². The average molecular weight is 291 g/mol. The molecule has 5 nitrogen and oxygen atoms in total. The molecule has 0 aliphatic carbocycles. The Morgan fingerprint density at radius 2 is 2.25 bits per heavy atom. The van der Waals surface area contributed by atoms with Crippen molar-refractivity contribution in [2.45, 2.75) is 19.4 Å². The third-order valence-electron chi connectivity index (χ3n) is 2.85. The maximum atomic E-state index is 12.0. The van der Waals surface area contributed by atoms with Gasteiger partial charge in [0.2, 0.25) is 0 Å². The van der Waals surface area contributed by atoms with Crippen molar-refractivity contribution in [2.75, 3.05) is 12.8 Å². The van der Waals surface area contributed by atoms with Crippen molar-refractivity contribution in [3.8, 4) is 5.75 Å². The van der Waals surface area contributed by atoms with E-state index in [4.69, 9.17) is 10.5 Å². The molecule has 0 aliphatic rings. The molecular formula is C14H17N3O2S. The highest BCUT2D eigenvalue weighted by atomic mass is 32.1. The number of amides is 1. The fraction of sp³-hybridized carbons (Fsp3) is 0.286. The lowest BCUT2D eigenvalue weighted by molar-refractivity contribution is 0.0935. The first-order valence-electron chi connectivity index (χ1n) is 6.24. The van der Waals surface area contributed by atoms with Crippen molar-refractivity contribution in [2.24, 2.45) is 0 Å². The Hall–Kier alpha value is -2.08. The molecule has 1 aromatic carbocycles. The summed E-state index contributed by atoms with van der Waals surface area (Å²) in [6, 6.07) is 7.74. The van der Waals surface area contributed by atoms with E-state index in [1.807, 2.05) is 31.2 Å². The summed E-state index contributed by atoms with van der Waals surface area (Å²) in [4.78, 5) is 15.9. The summed E-state index contributed by atoms with van der Waals surface area (Å²) in [5.41, 5.74) is 6.94. The van der Waals surface area contributed by atoms with Crippen LogP contribution in [0.15, 0.2) is 29.6 Å². The van der Waals surface area contributed by atoms with Crippen LogP contribution in [0.4, 0.5) is 5.13 Å². The third-order valence-corrected chi connectivity index (χ3v) is 3.52. The van der Waals surface area contributed by atoms with E-state index in [1.165, 1.54) is 11.3 Å². The number of hydrogen-bond donors (Lipinski definition) is 2. The molecule has 1 aromatic heterocycles. The maximum Gasteiger partial charge on any atom is 0.271 e. The van der Waals surface area contributed by atoms with Gasteiger partial charge in [-0.05, 0) is 25.0 Å². The minimum absolute atomic E-state index is 0.0262. The topological polar surface area (TPSA) is 77.2 Å². The minimum atomic E-state index is -0.208. The van der Waals surface area contributed by atoms with Crippen molar-refractivity contribution in [1.82, 2.24) is 10.3 Å². The van der Waals surface area contributed by atoms with Gasteiger partial charge in [0.1, 0.15) is 11.4 Å². The number of nitrogens with zero attached hydrogens (tertiary/aromatic N) is 1. The molecule has 0 spiro atoms. The van der Waals surface area contributed by atoms with Crippen LogP contribution in [0.2, 0.25) is 0 Å². The van der Waals surface area contributed by atoms with Gasteiger partial charge in [-0.2, -0.15) is 0 Å². The second-order valence-electron chi connectivity index (χ2n) is 4.46. The highest BCUT2D eigenvalue weighted by molar-refractivity contribution is 7.13. The van der Waals surface area contributed by atoms with E-state index in [1.54, 1.807) is 12.5 Å². The van der Waals surface area contributed by atoms with Crippen LogP contribution in [-0.4, -0.2) is 24.0 Å². The summed E-state index contributed by atoms with van der Waals surface area (Å²) < 4.78 is 5.30. The number of rotatable bonds is 5. The van der Waals surface area contributed by atoms with Crippen LogP contribution < -0.4 is 15.8 Å². The number of nitrogens with two attached hydrogens (primary N) is 1. The monoisotopic (exact) mass is 291 g/mol. The zero-order chi connectivity index (χ0) is 14.5. The molecule has 0 fully saturated rings. The lowest BCUT2D eigenvalue weighted by Crippen LogP contribution is -2.34. The highest BCUT2D eigenvalue weighted by Gasteiger charge is 2.14. The molecule has 0 saturated carbocycles. The zero-order valence-electron chi connectivity index (χ0n) is 11.4. The molecule has 0 aliphatic heterocycles. The Balaban J connectivity index is 1.98. The number of ether oxygens (including phenoxy) is 1. The van der Waals surface area contributed by atoms with Crippen LogP contribution in [0.3, 0.4) is 0 Å². The average Bonchev–Trinajstić information content (AvgIpc) is 2.86. The van der Waals surface area contributed by atoms with Crippen molar-refractivity contribution in [3.63, 3.8) is 0 Å². The number of anilines is 1. The molecule has 3 N–H and O–H groups in total. The quantitative estimate of drug-likeness (QED) is 0.884. The molecular weight excluding hydrogens is 274 g/mol. The molecule has 2 rings (SSSR count). The number of hydrogen-bond acceptors (Lipinski definition) is 5. The Morgan fingerprint density at radius 1 is 1.50 bits per heavy atom. The Bertz CT molecular complexity index is 598. The first-order chi connectivity index (χ1) is 9.60. The lowest BCUT2D eigenvalue weighted by Gasteiger charge is -2.15. The molecule has 0 radical (unpaired) electrons. The molecule has 2 aromatic rings. The fourth-order valence-corrected chi connectivity index (χ4v) is 2.49. The first-order valence-corrected chi connectivity index (χ1v) is 7.12. The normalized spacial score (nSPS) is 11.9. The third kappa shape index (κ3) is 3.48.